The van der Waals surface area contributed by atoms with Crippen LogP contribution in [-0.2, 0) is 11.3 Å². The molecule has 0 bridgehead atoms. The van der Waals surface area contributed by atoms with Gasteiger partial charge in [0.1, 0.15) is 6.33 Å². The van der Waals surface area contributed by atoms with Crippen LogP contribution in [0.25, 0.3) is 11.2 Å². The van der Waals surface area contributed by atoms with Crippen molar-refractivity contribution in [2.45, 2.75) is 33.2 Å². The van der Waals surface area contributed by atoms with E-state index in [1.807, 2.05) is 18.7 Å². The van der Waals surface area contributed by atoms with Crippen molar-refractivity contribution in [2.24, 2.45) is 0 Å². The first-order chi connectivity index (χ1) is 10.7. The van der Waals surface area contributed by atoms with Gasteiger partial charge in [-0.1, -0.05) is 12.1 Å². The zero-order valence-electron chi connectivity index (χ0n) is 13.1. The number of carbonyl (C=O) groups is 1. The highest BCUT2D eigenvalue weighted by Crippen LogP contribution is 2.21. The number of anilines is 1. The molecule has 0 spiro atoms. The van der Waals surface area contributed by atoms with Crippen LogP contribution in [0.1, 0.15) is 26.7 Å². The summed E-state index contributed by atoms with van der Waals surface area (Å²) in [5, 5.41) is 8.32. The quantitative estimate of drug-likeness (QED) is 0.827. The molecule has 0 saturated carbocycles. The molecule has 1 aliphatic rings. The Kier molecular flexibility index (Phi) is 4.17. The number of piperazine rings is 1. The Morgan fingerprint density at radius 1 is 1.18 bits per heavy atom. The maximum atomic E-state index is 12.0. The van der Waals surface area contributed by atoms with Gasteiger partial charge in [0.2, 0.25) is 5.91 Å². The van der Waals surface area contributed by atoms with E-state index in [1.54, 1.807) is 11.0 Å². The number of nitrogens with zero attached hydrogens (tertiary/aromatic N) is 7. The molecular formula is C14H21N7O. The number of fused-ring (bicyclic) bond motifs is 1. The summed E-state index contributed by atoms with van der Waals surface area (Å²) in [6, 6.07) is 0. The first kappa shape index (κ1) is 14.7. The van der Waals surface area contributed by atoms with E-state index in [0.717, 1.165) is 56.1 Å². The highest BCUT2D eigenvalue weighted by Gasteiger charge is 2.24. The van der Waals surface area contributed by atoms with Crippen LogP contribution in [0.4, 0.5) is 5.82 Å². The molecule has 2 aromatic heterocycles. The van der Waals surface area contributed by atoms with Crippen LogP contribution in [0.2, 0.25) is 0 Å². The minimum atomic E-state index is 0.243. The molecule has 8 nitrogen and oxygen atoms in total. The van der Waals surface area contributed by atoms with E-state index < -0.39 is 0 Å². The normalized spacial score (nSPS) is 15.5. The van der Waals surface area contributed by atoms with Gasteiger partial charge in [-0.15, -0.1) is 5.10 Å². The fourth-order valence-electron chi connectivity index (χ4n) is 2.76. The summed E-state index contributed by atoms with van der Waals surface area (Å²) in [5.74, 6) is 1.05. The van der Waals surface area contributed by atoms with Crippen LogP contribution < -0.4 is 4.90 Å². The number of carbonyl (C=O) groups excluding carboxylic acids is 1. The van der Waals surface area contributed by atoms with E-state index in [1.165, 1.54) is 0 Å². The van der Waals surface area contributed by atoms with Crippen molar-refractivity contribution < 1.29 is 4.79 Å². The molecule has 1 amide bonds. The third-order valence-electron chi connectivity index (χ3n) is 3.98. The minimum Gasteiger partial charge on any atom is -0.351 e. The summed E-state index contributed by atoms with van der Waals surface area (Å²) < 4.78 is 1.77. The van der Waals surface area contributed by atoms with Gasteiger partial charge >= 0.3 is 0 Å². The van der Waals surface area contributed by atoms with Gasteiger partial charge in [0.25, 0.3) is 0 Å². The molecule has 1 fully saturated rings. The second-order valence-corrected chi connectivity index (χ2v) is 5.39. The van der Waals surface area contributed by atoms with E-state index >= 15 is 0 Å². The number of hydrogen-bond donors (Lipinski definition) is 0. The molecule has 0 radical (unpaired) electrons. The van der Waals surface area contributed by atoms with E-state index in [0.29, 0.717) is 6.42 Å². The third kappa shape index (κ3) is 2.60. The van der Waals surface area contributed by atoms with E-state index in [9.17, 15) is 4.79 Å². The van der Waals surface area contributed by atoms with Gasteiger partial charge in [-0.2, -0.15) is 0 Å². The van der Waals surface area contributed by atoms with E-state index in [-0.39, 0.29) is 5.91 Å². The fourth-order valence-corrected chi connectivity index (χ4v) is 2.76. The van der Waals surface area contributed by atoms with Gasteiger partial charge < -0.3 is 9.80 Å². The molecule has 0 aromatic carbocycles. The van der Waals surface area contributed by atoms with Gasteiger partial charge in [0.15, 0.2) is 17.0 Å². The molecular weight excluding hydrogens is 282 g/mol. The highest BCUT2D eigenvalue weighted by molar-refractivity contribution is 5.83. The van der Waals surface area contributed by atoms with Crippen molar-refractivity contribution in [1.82, 2.24) is 29.9 Å². The summed E-state index contributed by atoms with van der Waals surface area (Å²) in [6.07, 6.45) is 3.08. The molecule has 0 N–H and O–H groups in total. The number of rotatable bonds is 4. The van der Waals surface area contributed by atoms with Gasteiger partial charge in [0, 0.05) is 39.1 Å². The zero-order chi connectivity index (χ0) is 15.5. The first-order valence-electron chi connectivity index (χ1n) is 7.81. The standard InChI is InChI=1S/C14H21N7O/c1-3-5-11(22)19-6-8-20(9-7-19)13-12-14(16-10-15-13)21(4-2)18-17-12/h10H,3-9H2,1-2H3. The molecule has 0 unspecified atom stereocenters. The van der Waals surface area contributed by atoms with Crippen molar-refractivity contribution in [3.05, 3.63) is 6.33 Å². The fraction of sp³-hybridized carbons (Fsp3) is 0.643. The SMILES string of the molecule is CCCC(=O)N1CCN(c2ncnc3c2nnn3CC)CC1. The largest absolute Gasteiger partial charge is 0.351 e. The van der Waals surface area contributed by atoms with Crippen molar-refractivity contribution >= 4 is 22.9 Å². The Labute approximate surface area is 129 Å². The lowest BCUT2D eigenvalue weighted by Crippen LogP contribution is -2.49. The molecule has 3 rings (SSSR count). The molecule has 1 saturated heterocycles. The summed E-state index contributed by atoms with van der Waals surface area (Å²) >= 11 is 0. The number of aryl methyl sites for hydroxylation is 1. The average Bonchev–Trinajstić information content (AvgIpc) is 2.98. The first-order valence-corrected chi connectivity index (χ1v) is 7.81. The maximum Gasteiger partial charge on any atom is 0.222 e. The molecule has 3 heterocycles. The Morgan fingerprint density at radius 3 is 2.64 bits per heavy atom. The van der Waals surface area contributed by atoms with Gasteiger partial charge in [-0.3, -0.25) is 4.79 Å². The summed E-state index contributed by atoms with van der Waals surface area (Å²) in [6.45, 7) is 7.75. The van der Waals surface area contributed by atoms with E-state index in [4.69, 9.17) is 0 Å². The predicted octanol–water partition coefficient (Wildman–Crippen LogP) is 0.690. The van der Waals surface area contributed by atoms with Crippen molar-refractivity contribution in [3.63, 3.8) is 0 Å². The lowest BCUT2D eigenvalue weighted by atomic mass is 10.2. The van der Waals surface area contributed by atoms with Crippen molar-refractivity contribution in [2.75, 3.05) is 31.1 Å². The second kappa shape index (κ2) is 6.25. The van der Waals surface area contributed by atoms with Crippen molar-refractivity contribution in [3.8, 4) is 0 Å². The lowest BCUT2D eigenvalue weighted by Gasteiger charge is -2.35. The average molecular weight is 303 g/mol. The predicted molar refractivity (Wildman–Crippen MR) is 82.5 cm³/mol. The Bertz CT molecular complexity index is 660. The van der Waals surface area contributed by atoms with Crippen LogP contribution >= 0.6 is 0 Å². The van der Waals surface area contributed by atoms with Gasteiger partial charge in [-0.25, -0.2) is 14.6 Å². The van der Waals surface area contributed by atoms with Crippen LogP contribution in [-0.4, -0.2) is 61.9 Å². The zero-order valence-corrected chi connectivity index (χ0v) is 13.1. The topological polar surface area (TPSA) is 80.0 Å². The summed E-state index contributed by atoms with van der Waals surface area (Å²) in [7, 11) is 0. The van der Waals surface area contributed by atoms with Crippen LogP contribution in [0.3, 0.4) is 0 Å². The monoisotopic (exact) mass is 303 g/mol. The molecule has 0 atom stereocenters. The molecule has 0 aliphatic carbocycles. The van der Waals surface area contributed by atoms with Crippen LogP contribution in [0.5, 0.6) is 0 Å². The number of amides is 1. The number of hydrogen-bond acceptors (Lipinski definition) is 6. The molecule has 2 aromatic rings. The van der Waals surface area contributed by atoms with Gasteiger partial charge in [0.05, 0.1) is 0 Å². The maximum absolute atomic E-state index is 12.0. The Hall–Kier alpha value is -2.25. The summed E-state index contributed by atoms with van der Waals surface area (Å²) in [4.78, 5) is 24.7. The second-order valence-electron chi connectivity index (χ2n) is 5.39. The molecule has 22 heavy (non-hydrogen) atoms. The smallest absolute Gasteiger partial charge is 0.222 e. The molecule has 118 valence electrons. The Balaban J connectivity index is 1.77. The van der Waals surface area contributed by atoms with Crippen LogP contribution in [0, 0.1) is 0 Å². The molecule has 1 aliphatic heterocycles. The van der Waals surface area contributed by atoms with E-state index in [2.05, 4.69) is 25.2 Å². The van der Waals surface area contributed by atoms with Gasteiger partial charge in [-0.05, 0) is 13.3 Å². The van der Waals surface area contributed by atoms with Crippen LogP contribution in [0.15, 0.2) is 6.33 Å². The molecule has 8 heteroatoms. The van der Waals surface area contributed by atoms with Crippen molar-refractivity contribution in [1.29, 1.82) is 0 Å². The number of aromatic nitrogens is 5. The minimum absolute atomic E-state index is 0.243. The lowest BCUT2D eigenvalue weighted by molar-refractivity contribution is -0.131. The summed E-state index contributed by atoms with van der Waals surface area (Å²) in [5.41, 5.74) is 1.50. The third-order valence-corrected chi connectivity index (χ3v) is 3.98. The highest BCUT2D eigenvalue weighted by atomic mass is 16.2. The Morgan fingerprint density at radius 2 is 1.95 bits per heavy atom.